The molecule has 3 aromatic carbocycles. The van der Waals surface area contributed by atoms with Crippen LogP contribution >= 0.6 is 46.1 Å². The number of amides is 1. The number of anilines is 2. The smallest absolute Gasteiger partial charge is 0.307 e. The number of piperidine rings is 1. The third-order valence-electron chi connectivity index (χ3n) is 9.47. The SMILES string of the molecule is COc1nc(-c2cccc(-c3cccc(Nc4cc(Cl)cc5sc(CN6CCC[C@H](C(=O)O)C6)nc45)c3Cl)c2Cl)ccc1CNC[C@@H]1CCC(=O)N1. The Morgan fingerprint density at radius 3 is 2.58 bits per heavy atom. The minimum absolute atomic E-state index is 0.0925. The summed E-state index contributed by atoms with van der Waals surface area (Å²) in [4.78, 5) is 35.0. The van der Waals surface area contributed by atoms with Crippen LogP contribution in [-0.2, 0) is 22.7 Å². The Morgan fingerprint density at radius 2 is 1.81 bits per heavy atom. The molecule has 14 heteroatoms. The highest BCUT2D eigenvalue weighted by Crippen LogP contribution is 2.43. The van der Waals surface area contributed by atoms with Crippen molar-refractivity contribution in [2.24, 2.45) is 5.92 Å². The maximum Gasteiger partial charge on any atom is 0.307 e. The molecule has 0 spiro atoms. The molecule has 0 bridgehead atoms. The van der Waals surface area contributed by atoms with E-state index in [0.29, 0.717) is 77.0 Å². The van der Waals surface area contributed by atoms with Gasteiger partial charge in [-0.25, -0.2) is 9.97 Å². The van der Waals surface area contributed by atoms with Gasteiger partial charge in [0.1, 0.15) is 10.5 Å². The van der Waals surface area contributed by atoms with Gasteiger partial charge < -0.3 is 25.8 Å². The summed E-state index contributed by atoms with van der Waals surface area (Å²) in [6.45, 7) is 3.14. The van der Waals surface area contributed by atoms with Gasteiger partial charge in [0.25, 0.3) is 0 Å². The van der Waals surface area contributed by atoms with E-state index in [1.165, 1.54) is 0 Å². The van der Waals surface area contributed by atoms with E-state index in [2.05, 4.69) is 20.9 Å². The minimum atomic E-state index is -0.747. The van der Waals surface area contributed by atoms with Crippen molar-refractivity contribution in [3.05, 3.63) is 86.3 Å². The molecule has 4 heterocycles. The standard InChI is InChI=1S/C38H37Cl3N6O4S/c1-51-37-21(17-42-18-24-11-13-32(48)43-24)10-12-28(45-37)27-8-2-6-25(34(27)40)26-7-3-9-29(35(26)41)44-30-15-23(39)16-31-36(30)46-33(52-31)20-47-14-4-5-22(19-47)38(49)50/h2-3,6-10,12,15-16,22,24,42,44H,4-5,11,13-14,17-20H2,1H3,(H,43,48)(H,49,50)/t22-,24-/m0/s1. The number of carboxylic acids is 1. The second kappa shape index (κ2) is 16.0. The largest absolute Gasteiger partial charge is 0.481 e. The van der Waals surface area contributed by atoms with Crippen LogP contribution in [0.2, 0.25) is 15.1 Å². The Hall–Kier alpha value is -3.97. The Kier molecular flexibility index (Phi) is 11.2. The molecule has 0 radical (unpaired) electrons. The Labute approximate surface area is 320 Å². The van der Waals surface area contributed by atoms with Crippen molar-refractivity contribution < 1.29 is 19.4 Å². The van der Waals surface area contributed by atoms with E-state index in [1.807, 2.05) is 60.7 Å². The molecular weight excluding hydrogens is 743 g/mol. The quantitative estimate of drug-likeness (QED) is 0.0987. The molecule has 0 aliphatic carbocycles. The monoisotopic (exact) mass is 778 g/mol. The van der Waals surface area contributed by atoms with Crippen LogP contribution in [0.15, 0.2) is 60.7 Å². The lowest BCUT2D eigenvalue weighted by molar-refractivity contribution is -0.143. The number of pyridine rings is 1. The zero-order chi connectivity index (χ0) is 36.4. The molecule has 7 rings (SSSR count). The van der Waals surface area contributed by atoms with Gasteiger partial charge in [0.05, 0.1) is 51.4 Å². The van der Waals surface area contributed by atoms with Crippen molar-refractivity contribution in [3.8, 4) is 28.3 Å². The van der Waals surface area contributed by atoms with Gasteiger partial charge >= 0.3 is 5.97 Å². The summed E-state index contributed by atoms with van der Waals surface area (Å²) in [5.41, 5.74) is 5.90. The van der Waals surface area contributed by atoms with Gasteiger partial charge in [0.2, 0.25) is 11.8 Å². The lowest BCUT2D eigenvalue weighted by Gasteiger charge is -2.29. The van der Waals surface area contributed by atoms with Crippen LogP contribution in [0.4, 0.5) is 11.4 Å². The van der Waals surface area contributed by atoms with E-state index in [1.54, 1.807) is 18.4 Å². The molecule has 2 aromatic heterocycles. The summed E-state index contributed by atoms with van der Waals surface area (Å²) in [5, 5.41) is 21.8. The number of fused-ring (bicyclic) bond motifs is 1. The van der Waals surface area contributed by atoms with Gasteiger partial charge in [-0.2, -0.15) is 0 Å². The van der Waals surface area contributed by atoms with Crippen molar-refractivity contribution in [1.29, 1.82) is 0 Å². The van der Waals surface area contributed by atoms with Gasteiger partial charge in [0.15, 0.2) is 0 Å². The van der Waals surface area contributed by atoms with Crippen LogP contribution in [0.1, 0.15) is 36.3 Å². The molecule has 270 valence electrons. The fraction of sp³-hybridized carbons (Fsp3) is 0.316. The number of carbonyl (C=O) groups is 2. The van der Waals surface area contributed by atoms with Gasteiger partial charge in [-0.05, 0) is 50.1 Å². The van der Waals surface area contributed by atoms with Crippen LogP contribution in [0.3, 0.4) is 0 Å². The number of rotatable bonds is 12. The maximum absolute atomic E-state index is 11.6. The van der Waals surface area contributed by atoms with Crippen LogP contribution < -0.4 is 20.7 Å². The van der Waals surface area contributed by atoms with Crippen molar-refractivity contribution in [2.75, 3.05) is 32.1 Å². The van der Waals surface area contributed by atoms with Crippen molar-refractivity contribution in [1.82, 2.24) is 25.5 Å². The first-order valence-electron chi connectivity index (χ1n) is 17.1. The zero-order valence-electron chi connectivity index (χ0n) is 28.3. The third kappa shape index (κ3) is 8.00. The molecule has 52 heavy (non-hydrogen) atoms. The summed E-state index contributed by atoms with van der Waals surface area (Å²) >= 11 is 22.3. The fourth-order valence-corrected chi connectivity index (χ4v) is 8.82. The van der Waals surface area contributed by atoms with Gasteiger partial charge in [-0.1, -0.05) is 71.2 Å². The zero-order valence-corrected chi connectivity index (χ0v) is 31.4. The van der Waals surface area contributed by atoms with E-state index >= 15 is 0 Å². The number of aromatic nitrogens is 2. The van der Waals surface area contributed by atoms with Crippen molar-refractivity contribution >= 4 is 79.6 Å². The second-order valence-corrected chi connectivity index (χ2v) is 15.4. The third-order valence-corrected chi connectivity index (χ3v) is 11.5. The average Bonchev–Trinajstić information content (AvgIpc) is 3.74. The van der Waals surface area contributed by atoms with Crippen LogP contribution in [0, 0.1) is 5.92 Å². The number of benzene rings is 3. The molecule has 1 amide bonds. The highest BCUT2D eigenvalue weighted by atomic mass is 35.5. The molecule has 4 N–H and O–H groups in total. The molecule has 2 saturated heterocycles. The first kappa shape index (κ1) is 36.4. The van der Waals surface area contributed by atoms with Gasteiger partial charge in [-0.15, -0.1) is 11.3 Å². The number of aliphatic carboxylic acids is 1. The molecule has 2 aliphatic rings. The predicted octanol–water partition coefficient (Wildman–Crippen LogP) is 8.40. The van der Waals surface area contributed by atoms with Crippen LogP contribution in [-0.4, -0.2) is 64.6 Å². The lowest BCUT2D eigenvalue weighted by Crippen LogP contribution is -2.38. The number of nitrogens with zero attached hydrogens (tertiary/aromatic N) is 3. The summed E-state index contributed by atoms with van der Waals surface area (Å²) in [5.74, 6) is -0.521. The lowest BCUT2D eigenvalue weighted by atomic mass is 9.98. The highest BCUT2D eigenvalue weighted by molar-refractivity contribution is 7.18. The number of nitrogens with one attached hydrogen (secondary N) is 3. The fourth-order valence-electron chi connectivity index (χ4n) is 6.86. The Morgan fingerprint density at radius 1 is 1.02 bits per heavy atom. The number of methoxy groups -OCH3 is 1. The number of thiazole rings is 1. The molecule has 10 nitrogen and oxygen atoms in total. The van der Waals surface area contributed by atoms with E-state index in [0.717, 1.165) is 56.9 Å². The van der Waals surface area contributed by atoms with Crippen molar-refractivity contribution in [2.45, 2.75) is 44.8 Å². The number of halogens is 3. The normalized spacial score (nSPS) is 17.7. The van der Waals surface area contributed by atoms with Crippen molar-refractivity contribution in [3.63, 3.8) is 0 Å². The maximum atomic E-state index is 11.6. The van der Waals surface area contributed by atoms with E-state index in [4.69, 9.17) is 49.5 Å². The number of likely N-dealkylation sites (tertiary alicyclic amines) is 1. The van der Waals surface area contributed by atoms with Crippen LogP contribution in [0.25, 0.3) is 32.6 Å². The summed E-state index contributed by atoms with van der Waals surface area (Å²) in [6, 6.07) is 19.2. The summed E-state index contributed by atoms with van der Waals surface area (Å²) in [7, 11) is 1.59. The molecule has 2 fully saturated rings. The number of hydrogen-bond acceptors (Lipinski definition) is 9. The van der Waals surface area contributed by atoms with E-state index in [9.17, 15) is 14.7 Å². The topological polar surface area (TPSA) is 129 Å². The molecule has 5 aromatic rings. The van der Waals surface area contributed by atoms with Gasteiger partial charge in [0, 0.05) is 59.4 Å². The van der Waals surface area contributed by atoms with Crippen LogP contribution in [0.5, 0.6) is 5.88 Å². The van der Waals surface area contributed by atoms with Gasteiger partial charge in [-0.3, -0.25) is 14.5 Å². The number of hydrogen-bond donors (Lipinski definition) is 4. The van der Waals surface area contributed by atoms with E-state index < -0.39 is 5.97 Å². The Bertz CT molecular complexity index is 2150. The molecule has 2 atom stereocenters. The molecule has 0 unspecified atom stereocenters. The number of ether oxygens (including phenoxy) is 1. The first-order valence-corrected chi connectivity index (χ1v) is 19.0. The molecule has 2 aliphatic heterocycles. The highest BCUT2D eigenvalue weighted by Gasteiger charge is 2.26. The minimum Gasteiger partial charge on any atom is -0.481 e. The number of carbonyl (C=O) groups excluding carboxylic acids is 1. The first-order chi connectivity index (χ1) is 25.2. The summed E-state index contributed by atoms with van der Waals surface area (Å²) < 4.78 is 6.58. The molecule has 0 saturated carbocycles. The van der Waals surface area contributed by atoms with E-state index in [-0.39, 0.29) is 17.9 Å². The second-order valence-electron chi connectivity index (χ2n) is 13.1. The molecular formula is C38H37Cl3N6O4S. The average molecular weight is 780 g/mol. The summed E-state index contributed by atoms with van der Waals surface area (Å²) in [6.07, 6.45) is 2.94. The Balaban J connectivity index is 1.11. The predicted molar refractivity (Wildman–Crippen MR) is 208 cm³/mol. The number of carboxylic acid groups (broad SMARTS) is 1.